The molecule has 2 N–H and O–H groups in total. The zero-order valence-electron chi connectivity index (χ0n) is 17.7. The van der Waals surface area contributed by atoms with E-state index >= 15 is 0 Å². The first-order chi connectivity index (χ1) is 15.9. The molecule has 3 aliphatic rings. The number of hydrogen-bond acceptors (Lipinski definition) is 3. The fraction of sp³-hybridized carbons (Fsp3) is 0.308. The summed E-state index contributed by atoms with van der Waals surface area (Å²) >= 11 is 0. The molecule has 0 saturated heterocycles. The van der Waals surface area contributed by atoms with Crippen LogP contribution in [0.15, 0.2) is 59.1 Å². The van der Waals surface area contributed by atoms with Crippen LogP contribution in [-0.2, 0) is 11.3 Å². The topological polar surface area (TPSA) is 84.5 Å². The minimum absolute atomic E-state index is 0.169. The minimum Gasteiger partial charge on any atom is -0.481 e. The Hall–Kier alpha value is -3.61. The number of fused-ring (bicyclic) bond motifs is 3. The largest absolute Gasteiger partial charge is 0.481 e. The molecule has 3 aliphatic carbocycles. The van der Waals surface area contributed by atoms with Gasteiger partial charge < -0.3 is 19.4 Å². The van der Waals surface area contributed by atoms with Crippen LogP contribution in [0.5, 0.6) is 0 Å². The summed E-state index contributed by atoms with van der Waals surface area (Å²) in [5.41, 5.74) is 0.607. The fourth-order valence-electron chi connectivity index (χ4n) is 6.06. The fourth-order valence-corrected chi connectivity index (χ4v) is 6.06. The van der Waals surface area contributed by atoms with Crippen molar-refractivity contribution in [1.29, 1.82) is 0 Å². The van der Waals surface area contributed by atoms with Crippen LogP contribution in [0.1, 0.15) is 41.8 Å². The van der Waals surface area contributed by atoms with Crippen molar-refractivity contribution in [3.8, 4) is 0 Å². The highest BCUT2D eigenvalue weighted by Gasteiger charge is 2.95. The molecular formula is C26H21FN2O4. The molecule has 0 unspecified atom stereocenters. The molecule has 3 saturated carbocycles. The second kappa shape index (κ2) is 5.84. The van der Waals surface area contributed by atoms with Crippen LogP contribution in [0.25, 0.3) is 21.9 Å². The number of benzene rings is 2. The Morgan fingerprint density at radius 2 is 1.91 bits per heavy atom. The highest BCUT2D eigenvalue weighted by atomic mass is 19.1. The zero-order valence-corrected chi connectivity index (χ0v) is 17.7. The van der Waals surface area contributed by atoms with Crippen molar-refractivity contribution in [2.24, 2.45) is 10.8 Å². The van der Waals surface area contributed by atoms with Gasteiger partial charge in [-0.3, -0.25) is 9.59 Å². The van der Waals surface area contributed by atoms with Crippen molar-refractivity contribution < 1.29 is 23.5 Å². The Morgan fingerprint density at radius 1 is 1.09 bits per heavy atom. The van der Waals surface area contributed by atoms with Crippen LogP contribution in [0.2, 0.25) is 0 Å². The molecule has 0 bridgehead atoms. The van der Waals surface area contributed by atoms with Crippen molar-refractivity contribution in [2.75, 3.05) is 0 Å². The maximum atomic E-state index is 13.5. The number of nitrogens with zero attached hydrogens (tertiary/aromatic N) is 1. The van der Waals surface area contributed by atoms with Crippen molar-refractivity contribution in [2.45, 2.75) is 37.8 Å². The number of nitrogens with one attached hydrogen (secondary N) is 1. The number of halogens is 1. The monoisotopic (exact) mass is 444 g/mol. The van der Waals surface area contributed by atoms with Crippen molar-refractivity contribution in [3.63, 3.8) is 0 Å². The number of rotatable bonds is 6. The van der Waals surface area contributed by atoms with E-state index in [9.17, 15) is 19.1 Å². The van der Waals surface area contributed by atoms with Gasteiger partial charge in [-0.05, 0) is 56.0 Å². The van der Waals surface area contributed by atoms with Crippen LogP contribution in [0.3, 0.4) is 0 Å². The van der Waals surface area contributed by atoms with Crippen molar-refractivity contribution in [3.05, 3.63) is 71.9 Å². The Balaban J connectivity index is 1.21. The standard InChI is InChI=1S/C26H21FN2O4/c27-17-5-4-16-10-18(33-20(16)11-17)12-29-9-6-15-2-1-3-19(21(15)29)22(30)28-26(7-8-26)25-13-24(25,14-25)23(31)32/h1-6,9-11H,7-8,12-14H2,(H,28,30)(H,31,32). The molecule has 3 fully saturated rings. The summed E-state index contributed by atoms with van der Waals surface area (Å²) in [7, 11) is 0. The molecule has 1 amide bonds. The summed E-state index contributed by atoms with van der Waals surface area (Å²) in [6.45, 7) is 0.404. The lowest BCUT2D eigenvalue weighted by molar-refractivity contribution is -0.141. The predicted octanol–water partition coefficient (Wildman–Crippen LogP) is 4.70. The molecular weight excluding hydrogens is 423 g/mol. The average molecular weight is 444 g/mol. The van der Waals surface area contributed by atoms with E-state index in [0.717, 1.165) is 29.1 Å². The third kappa shape index (κ3) is 2.42. The first-order valence-corrected chi connectivity index (χ1v) is 11.2. The lowest BCUT2D eigenvalue weighted by Crippen LogP contribution is -2.41. The van der Waals surface area contributed by atoms with Crippen LogP contribution in [0.4, 0.5) is 4.39 Å². The quantitative estimate of drug-likeness (QED) is 0.451. The summed E-state index contributed by atoms with van der Waals surface area (Å²) in [6, 6.07) is 13.9. The van der Waals surface area contributed by atoms with Gasteiger partial charge in [0, 0.05) is 34.0 Å². The first-order valence-electron chi connectivity index (χ1n) is 11.2. The summed E-state index contributed by atoms with van der Waals surface area (Å²) < 4.78 is 21.3. The van der Waals surface area contributed by atoms with E-state index in [1.54, 1.807) is 12.1 Å². The van der Waals surface area contributed by atoms with E-state index in [0.29, 0.717) is 36.3 Å². The molecule has 6 nitrogen and oxygen atoms in total. The second-order valence-electron chi connectivity index (χ2n) is 9.94. The van der Waals surface area contributed by atoms with Crippen LogP contribution < -0.4 is 5.32 Å². The van der Waals surface area contributed by atoms with Gasteiger partial charge in [0.05, 0.1) is 23.0 Å². The highest BCUT2D eigenvalue weighted by molar-refractivity contribution is 6.06. The average Bonchev–Trinajstić information content (AvgIpc) is 3.69. The van der Waals surface area contributed by atoms with Gasteiger partial charge in [0.2, 0.25) is 0 Å². The molecule has 7 heteroatoms. The molecule has 0 aliphatic heterocycles. The number of aromatic nitrogens is 1. The van der Waals surface area contributed by atoms with E-state index < -0.39 is 11.4 Å². The lowest BCUT2D eigenvalue weighted by atomic mass is 10.0. The maximum Gasteiger partial charge on any atom is 0.310 e. The van der Waals surface area contributed by atoms with Gasteiger partial charge in [0.1, 0.15) is 17.2 Å². The number of hydrogen-bond donors (Lipinski definition) is 2. The summed E-state index contributed by atoms with van der Waals surface area (Å²) in [5, 5.41) is 14.6. The Morgan fingerprint density at radius 3 is 2.64 bits per heavy atom. The van der Waals surface area contributed by atoms with E-state index in [4.69, 9.17) is 4.42 Å². The number of para-hydroxylation sites is 1. The molecule has 0 radical (unpaired) electrons. The van der Waals surface area contributed by atoms with E-state index in [2.05, 4.69) is 5.32 Å². The second-order valence-corrected chi connectivity index (χ2v) is 9.94. The molecule has 2 aromatic carbocycles. The number of carbonyl (C=O) groups is 2. The number of aliphatic carboxylic acids is 1. The maximum absolute atomic E-state index is 13.5. The van der Waals surface area contributed by atoms with Gasteiger partial charge >= 0.3 is 5.97 Å². The van der Waals surface area contributed by atoms with Crippen LogP contribution in [0, 0.1) is 16.6 Å². The molecule has 7 rings (SSSR count). The molecule has 0 atom stereocenters. The van der Waals surface area contributed by atoms with Crippen LogP contribution >= 0.6 is 0 Å². The molecule has 166 valence electrons. The number of carboxylic acids is 1. The van der Waals surface area contributed by atoms with Gasteiger partial charge in [-0.25, -0.2) is 4.39 Å². The highest BCUT2D eigenvalue weighted by Crippen LogP contribution is 2.93. The number of carbonyl (C=O) groups excluding carboxylic acids is 1. The van der Waals surface area contributed by atoms with E-state index in [1.165, 1.54) is 12.1 Å². The summed E-state index contributed by atoms with van der Waals surface area (Å²) in [5.74, 6) is -0.578. The Labute approximate surface area is 188 Å². The SMILES string of the molecule is O=C(NC1(C23CC2(C(=O)O)C3)CC1)c1cccc2ccn(Cc3cc4ccc(F)cc4o3)c12. The van der Waals surface area contributed by atoms with Crippen molar-refractivity contribution in [1.82, 2.24) is 9.88 Å². The predicted molar refractivity (Wildman–Crippen MR) is 118 cm³/mol. The third-order valence-corrected chi connectivity index (χ3v) is 8.19. The molecule has 33 heavy (non-hydrogen) atoms. The Bertz CT molecular complexity index is 1500. The normalized spacial score (nSPS) is 26.2. The van der Waals surface area contributed by atoms with E-state index in [1.807, 2.05) is 35.0 Å². The summed E-state index contributed by atoms with van der Waals surface area (Å²) in [6.07, 6.45) is 4.92. The van der Waals surface area contributed by atoms with Gasteiger partial charge in [0.15, 0.2) is 0 Å². The van der Waals surface area contributed by atoms with E-state index in [-0.39, 0.29) is 22.7 Å². The number of carboxylic acid groups (broad SMARTS) is 1. The molecule has 0 spiro atoms. The first kappa shape index (κ1) is 18.9. The zero-order chi connectivity index (χ0) is 22.6. The molecule has 4 aromatic rings. The minimum atomic E-state index is -0.732. The summed E-state index contributed by atoms with van der Waals surface area (Å²) in [4.78, 5) is 25.1. The lowest BCUT2D eigenvalue weighted by Gasteiger charge is -2.21. The van der Waals surface area contributed by atoms with Gasteiger partial charge in [0.25, 0.3) is 5.91 Å². The van der Waals surface area contributed by atoms with Gasteiger partial charge in [-0.15, -0.1) is 0 Å². The number of furan rings is 1. The van der Waals surface area contributed by atoms with Crippen molar-refractivity contribution >= 4 is 33.7 Å². The van der Waals surface area contributed by atoms with Crippen LogP contribution in [-0.4, -0.2) is 27.1 Å². The Kier molecular flexibility index (Phi) is 3.35. The molecule has 2 aromatic heterocycles. The third-order valence-electron chi connectivity index (χ3n) is 8.19. The van der Waals surface area contributed by atoms with Gasteiger partial charge in [-0.1, -0.05) is 12.1 Å². The molecule has 2 heterocycles. The smallest absolute Gasteiger partial charge is 0.310 e. The number of amides is 1. The van der Waals surface area contributed by atoms with Gasteiger partial charge in [-0.2, -0.15) is 0 Å².